The van der Waals surface area contributed by atoms with Gasteiger partial charge in [0.1, 0.15) is 6.07 Å². The van der Waals surface area contributed by atoms with Crippen molar-refractivity contribution < 1.29 is 0 Å². The summed E-state index contributed by atoms with van der Waals surface area (Å²) in [4.78, 5) is 2.19. The van der Waals surface area contributed by atoms with Gasteiger partial charge in [0.2, 0.25) is 0 Å². The standard InChI is InChI=1S/C17H18N2/c1-4-19(16-8-6-5-7-14(16)3)17-10-9-13(2)11-15(17)12-18/h5-11H,4H2,1-3H3. The Bertz CT molecular complexity index is 623. The molecule has 0 amide bonds. The Morgan fingerprint density at radius 3 is 2.42 bits per heavy atom. The lowest BCUT2D eigenvalue weighted by Gasteiger charge is -2.26. The molecule has 0 aromatic heterocycles. The molecule has 0 aliphatic rings. The van der Waals surface area contributed by atoms with Gasteiger partial charge in [0.15, 0.2) is 0 Å². The summed E-state index contributed by atoms with van der Waals surface area (Å²) in [5.41, 5.74) is 5.19. The number of para-hydroxylation sites is 1. The zero-order chi connectivity index (χ0) is 13.8. The van der Waals surface area contributed by atoms with E-state index >= 15 is 0 Å². The second-order valence-electron chi connectivity index (χ2n) is 4.66. The van der Waals surface area contributed by atoms with E-state index in [1.807, 2.05) is 31.2 Å². The van der Waals surface area contributed by atoms with Crippen LogP contribution in [0.4, 0.5) is 11.4 Å². The van der Waals surface area contributed by atoms with Crippen molar-refractivity contribution in [1.29, 1.82) is 5.26 Å². The van der Waals surface area contributed by atoms with Crippen LogP contribution in [0.15, 0.2) is 42.5 Å². The molecule has 0 aliphatic carbocycles. The number of aryl methyl sites for hydroxylation is 2. The van der Waals surface area contributed by atoms with E-state index < -0.39 is 0 Å². The molecular formula is C17H18N2. The lowest BCUT2D eigenvalue weighted by molar-refractivity contribution is 1.01. The molecule has 0 heterocycles. The summed E-state index contributed by atoms with van der Waals surface area (Å²) < 4.78 is 0. The third kappa shape index (κ3) is 2.61. The molecular weight excluding hydrogens is 232 g/mol. The van der Waals surface area contributed by atoms with Gasteiger partial charge in [-0.15, -0.1) is 0 Å². The Hall–Kier alpha value is -2.27. The van der Waals surface area contributed by atoms with Crippen molar-refractivity contribution in [1.82, 2.24) is 0 Å². The highest BCUT2D eigenvalue weighted by Crippen LogP contribution is 2.30. The van der Waals surface area contributed by atoms with Crippen molar-refractivity contribution in [3.8, 4) is 6.07 Å². The van der Waals surface area contributed by atoms with Gasteiger partial charge in [-0.2, -0.15) is 5.26 Å². The fourth-order valence-electron chi connectivity index (χ4n) is 2.31. The summed E-state index contributed by atoms with van der Waals surface area (Å²) in [7, 11) is 0. The second-order valence-corrected chi connectivity index (χ2v) is 4.66. The van der Waals surface area contributed by atoms with Gasteiger partial charge in [0.05, 0.1) is 11.3 Å². The van der Waals surface area contributed by atoms with Crippen molar-refractivity contribution in [2.75, 3.05) is 11.4 Å². The Balaban J connectivity index is 2.55. The van der Waals surface area contributed by atoms with Crippen LogP contribution in [-0.2, 0) is 0 Å². The first-order valence-corrected chi connectivity index (χ1v) is 6.51. The SMILES string of the molecule is CCN(c1ccccc1C)c1ccc(C)cc1C#N. The molecule has 0 bridgehead atoms. The number of rotatable bonds is 3. The van der Waals surface area contributed by atoms with E-state index in [4.69, 9.17) is 0 Å². The third-order valence-corrected chi connectivity index (χ3v) is 3.29. The Kier molecular flexibility index (Phi) is 3.87. The van der Waals surface area contributed by atoms with E-state index in [1.54, 1.807) is 0 Å². The average molecular weight is 250 g/mol. The van der Waals surface area contributed by atoms with E-state index in [-0.39, 0.29) is 0 Å². The van der Waals surface area contributed by atoms with Gasteiger partial charge in [-0.1, -0.05) is 24.3 Å². The number of nitriles is 1. The molecule has 0 spiro atoms. The lowest BCUT2D eigenvalue weighted by atomic mass is 10.1. The minimum Gasteiger partial charge on any atom is -0.340 e. The summed E-state index contributed by atoms with van der Waals surface area (Å²) in [6.45, 7) is 7.04. The second kappa shape index (κ2) is 5.58. The van der Waals surface area contributed by atoms with Gasteiger partial charge in [-0.25, -0.2) is 0 Å². The summed E-state index contributed by atoms with van der Waals surface area (Å²) in [5.74, 6) is 0. The highest BCUT2D eigenvalue weighted by atomic mass is 15.1. The minimum absolute atomic E-state index is 0.727. The zero-order valence-corrected chi connectivity index (χ0v) is 11.6. The van der Waals surface area contributed by atoms with Crippen LogP contribution in [-0.4, -0.2) is 6.54 Å². The summed E-state index contributed by atoms with van der Waals surface area (Å²) in [5, 5.41) is 9.33. The number of hydrogen-bond donors (Lipinski definition) is 0. The van der Waals surface area contributed by atoms with E-state index in [0.29, 0.717) is 0 Å². The van der Waals surface area contributed by atoms with Crippen molar-refractivity contribution in [2.45, 2.75) is 20.8 Å². The molecule has 0 aliphatic heterocycles. The maximum absolute atomic E-state index is 9.33. The third-order valence-electron chi connectivity index (χ3n) is 3.29. The fourth-order valence-corrected chi connectivity index (χ4v) is 2.31. The van der Waals surface area contributed by atoms with Gasteiger partial charge >= 0.3 is 0 Å². The molecule has 0 fully saturated rings. The number of hydrogen-bond acceptors (Lipinski definition) is 2. The molecule has 0 saturated heterocycles. The molecule has 2 rings (SSSR count). The van der Waals surface area contributed by atoms with Crippen LogP contribution < -0.4 is 4.90 Å². The first-order valence-electron chi connectivity index (χ1n) is 6.51. The van der Waals surface area contributed by atoms with Crippen molar-refractivity contribution >= 4 is 11.4 Å². The molecule has 0 N–H and O–H groups in total. The maximum Gasteiger partial charge on any atom is 0.101 e. The zero-order valence-electron chi connectivity index (χ0n) is 11.6. The molecule has 19 heavy (non-hydrogen) atoms. The Labute approximate surface area is 114 Å². The van der Waals surface area contributed by atoms with Gasteiger partial charge < -0.3 is 4.90 Å². The van der Waals surface area contributed by atoms with Crippen molar-refractivity contribution in [2.24, 2.45) is 0 Å². The van der Waals surface area contributed by atoms with E-state index in [9.17, 15) is 5.26 Å². The smallest absolute Gasteiger partial charge is 0.101 e. The van der Waals surface area contributed by atoms with E-state index in [1.165, 1.54) is 5.56 Å². The summed E-state index contributed by atoms with van der Waals surface area (Å²) >= 11 is 0. The van der Waals surface area contributed by atoms with Crippen LogP contribution >= 0.6 is 0 Å². The van der Waals surface area contributed by atoms with Crippen LogP contribution in [0.3, 0.4) is 0 Å². The van der Waals surface area contributed by atoms with Crippen molar-refractivity contribution in [3.63, 3.8) is 0 Å². The van der Waals surface area contributed by atoms with Gasteiger partial charge in [-0.05, 0) is 50.1 Å². The maximum atomic E-state index is 9.33. The molecule has 2 aromatic rings. The largest absolute Gasteiger partial charge is 0.340 e. The summed E-state index contributed by atoms with van der Waals surface area (Å²) in [6, 6.07) is 16.6. The first kappa shape index (κ1) is 13.2. The molecule has 0 saturated carbocycles. The Morgan fingerprint density at radius 1 is 1.05 bits per heavy atom. The first-order chi connectivity index (χ1) is 9.17. The fraction of sp³-hybridized carbons (Fsp3) is 0.235. The predicted octanol–water partition coefficient (Wildman–Crippen LogP) is 4.33. The predicted molar refractivity (Wildman–Crippen MR) is 79.8 cm³/mol. The number of benzene rings is 2. The monoisotopic (exact) mass is 250 g/mol. The van der Waals surface area contributed by atoms with Gasteiger partial charge in [0, 0.05) is 12.2 Å². The number of anilines is 2. The van der Waals surface area contributed by atoms with E-state index in [2.05, 4.69) is 43.0 Å². The van der Waals surface area contributed by atoms with Crippen molar-refractivity contribution in [3.05, 3.63) is 59.2 Å². The van der Waals surface area contributed by atoms with E-state index in [0.717, 1.165) is 29.0 Å². The number of nitrogens with zero attached hydrogens (tertiary/aromatic N) is 2. The normalized spacial score (nSPS) is 10.0. The quantitative estimate of drug-likeness (QED) is 0.810. The molecule has 2 heteroatoms. The minimum atomic E-state index is 0.727. The van der Waals surface area contributed by atoms with Crippen LogP contribution in [0.25, 0.3) is 0 Å². The van der Waals surface area contributed by atoms with Gasteiger partial charge in [-0.3, -0.25) is 0 Å². The summed E-state index contributed by atoms with van der Waals surface area (Å²) in [6.07, 6.45) is 0. The van der Waals surface area contributed by atoms with Gasteiger partial charge in [0.25, 0.3) is 0 Å². The molecule has 0 radical (unpaired) electrons. The lowest BCUT2D eigenvalue weighted by Crippen LogP contribution is -2.18. The molecule has 0 unspecified atom stereocenters. The highest BCUT2D eigenvalue weighted by molar-refractivity contribution is 5.71. The topological polar surface area (TPSA) is 27.0 Å². The van der Waals surface area contributed by atoms with Crippen LogP contribution in [0.1, 0.15) is 23.6 Å². The Morgan fingerprint density at radius 2 is 1.79 bits per heavy atom. The average Bonchev–Trinajstić information content (AvgIpc) is 2.43. The molecule has 2 aromatic carbocycles. The highest BCUT2D eigenvalue weighted by Gasteiger charge is 2.13. The van der Waals surface area contributed by atoms with Crippen LogP contribution in [0.2, 0.25) is 0 Å². The molecule has 96 valence electrons. The molecule has 0 atom stereocenters. The molecule has 2 nitrogen and oxygen atoms in total. The van der Waals surface area contributed by atoms with Crippen LogP contribution in [0, 0.1) is 25.2 Å². The van der Waals surface area contributed by atoms with Crippen LogP contribution in [0.5, 0.6) is 0 Å².